The van der Waals surface area contributed by atoms with Gasteiger partial charge in [-0.2, -0.15) is 8.78 Å². The van der Waals surface area contributed by atoms with Crippen molar-refractivity contribution < 1.29 is 44.6 Å². The number of ether oxygens (including phenoxy) is 2. The summed E-state index contributed by atoms with van der Waals surface area (Å²) in [4.78, 5) is 0. The number of benzene rings is 3. The summed E-state index contributed by atoms with van der Waals surface area (Å²) in [5.74, 6) is -4.02. The number of aryl methyl sites for hydroxylation is 1. The average molecular weight is 669 g/mol. The Balaban J connectivity index is 1.12. The molecule has 0 aromatic heterocycles. The molecule has 10 heteroatoms. The number of hydrogen-bond acceptors (Lipinski definition) is 2. The summed E-state index contributed by atoms with van der Waals surface area (Å²) in [5.41, 5.74) is 1.05. The van der Waals surface area contributed by atoms with Gasteiger partial charge in [-0.3, -0.25) is 0 Å². The molecule has 0 aliphatic heterocycles. The molecule has 2 aliphatic carbocycles. The largest absolute Gasteiger partial charge is 0.573 e. The lowest BCUT2D eigenvalue weighted by Crippen LogP contribution is -2.33. The zero-order valence-corrected chi connectivity index (χ0v) is 26.3. The van der Waals surface area contributed by atoms with E-state index in [0.717, 1.165) is 81.2 Å². The van der Waals surface area contributed by atoms with Crippen LogP contribution in [0.4, 0.5) is 35.1 Å². The lowest BCUT2D eigenvalue weighted by atomic mass is 9.69. The average Bonchev–Trinajstić information content (AvgIpc) is 3.02. The van der Waals surface area contributed by atoms with Crippen LogP contribution in [-0.4, -0.2) is 12.5 Å². The van der Waals surface area contributed by atoms with Gasteiger partial charge in [0.2, 0.25) is 0 Å². The molecular formula is C37H40F8O2. The Morgan fingerprint density at radius 2 is 1.26 bits per heavy atom. The maximum atomic E-state index is 15.2. The second-order valence-electron chi connectivity index (χ2n) is 13.0. The maximum absolute atomic E-state index is 15.2. The van der Waals surface area contributed by atoms with Crippen molar-refractivity contribution in [2.24, 2.45) is 11.8 Å². The summed E-state index contributed by atoms with van der Waals surface area (Å²) in [5, 5.41) is 0. The monoisotopic (exact) mass is 668 g/mol. The molecule has 2 aliphatic rings. The van der Waals surface area contributed by atoms with Gasteiger partial charge < -0.3 is 9.47 Å². The fraction of sp³-hybridized carbons (Fsp3) is 0.514. The second kappa shape index (κ2) is 15.0. The fourth-order valence-electron chi connectivity index (χ4n) is 7.31. The molecule has 0 spiro atoms. The van der Waals surface area contributed by atoms with Crippen molar-refractivity contribution in [2.75, 3.05) is 0 Å². The van der Waals surface area contributed by atoms with Crippen LogP contribution in [0.1, 0.15) is 100 Å². The Kier molecular flexibility index (Phi) is 11.2. The number of unbranched alkanes of at least 4 members (excludes halogenated alkanes) is 2. The number of hydrogen-bond donors (Lipinski definition) is 0. The van der Waals surface area contributed by atoms with E-state index in [4.69, 9.17) is 4.74 Å². The van der Waals surface area contributed by atoms with Crippen molar-refractivity contribution in [1.82, 2.24) is 0 Å². The van der Waals surface area contributed by atoms with Crippen molar-refractivity contribution in [3.8, 4) is 16.9 Å². The molecule has 2 fully saturated rings. The van der Waals surface area contributed by atoms with Gasteiger partial charge >= 0.3 is 12.5 Å². The molecule has 3 aromatic carbocycles. The van der Waals surface area contributed by atoms with Gasteiger partial charge in [-0.1, -0.05) is 50.1 Å². The smallest absolute Gasteiger partial charge is 0.403 e. The molecular weight excluding hydrogens is 628 g/mol. The predicted octanol–water partition coefficient (Wildman–Crippen LogP) is 12.0. The van der Waals surface area contributed by atoms with Gasteiger partial charge in [0.05, 0.1) is 6.10 Å². The predicted molar refractivity (Wildman–Crippen MR) is 164 cm³/mol. The van der Waals surface area contributed by atoms with Crippen LogP contribution in [0.5, 0.6) is 5.75 Å². The molecule has 256 valence electrons. The molecule has 3 aromatic rings. The SMILES string of the molecule is CCCCCc1ccc(-c2cc(F)c(C(F)(F)OC3CCC(C4CCC(c5ccc(OC(F)(F)F)c(F)c5)CC4)CC3)c(F)c2)cc1. The topological polar surface area (TPSA) is 18.5 Å². The van der Waals surface area contributed by atoms with Crippen molar-refractivity contribution >= 4 is 0 Å². The molecule has 0 bridgehead atoms. The molecule has 0 radical (unpaired) electrons. The van der Waals surface area contributed by atoms with Gasteiger partial charge in [0.25, 0.3) is 0 Å². The zero-order chi connectivity index (χ0) is 33.8. The summed E-state index contributed by atoms with van der Waals surface area (Å²) < 4.78 is 121. The first-order valence-corrected chi connectivity index (χ1v) is 16.5. The van der Waals surface area contributed by atoms with Crippen LogP contribution in [0, 0.1) is 29.3 Å². The van der Waals surface area contributed by atoms with Gasteiger partial charge in [-0.25, -0.2) is 13.2 Å². The minimum atomic E-state index is -4.97. The summed E-state index contributed by atoms with van der Waals surface area (Å²) in [7, 11) is 0. The molecule has 5 rings (SSSR count). The van der Waals surface area contributed by atoms with E-state index >= 15 is 17.6 Å². The van der Waals surface area contributed by atoms with Crippen molar-refractivity contribution in [3.63, 3.8) is 0 Å². The van der Waals surface area contributed by atoms with Crippen LogP contribution in [0.15, 0.2) is 54.6 Å². The van der Waals surface area contributed by atoms with Crippen LogP contribution in [0.2, 0.25) is 0 Å². The highest BCUT2D eigenvalue weighted by atomic mass is 19.4. The van der Waals surface area contributed by atoms with Gasteiger partial charge in [0.15, 0.2) is 11.6 Å². The standard InChI is InChI=1S/C37H40F8O2/c1-2-3-4-5-23-6-8-27(9-7-23)29-21-32(39)35(33(40)22-29)36(41,42)46-30-17-14-25(15-18-30)24-10-12-26(13-11-24)28-16-19-34(31(38)20-28)47-37(43,44)45/h6-9,16,19-22,24-26,30H,2-5,10-15,17-18H2,1H3. The Hall–Kier alpha value is -3.14. The second-order valence-corrected chi connectivity index (χ2v) is 13.0. The number of rotatable bonds is 11. The van der Waals surface area contributed by atoms with E-state index in [1.807, 2.05) is 12.1 Å². The van der Waals surface area contributed by atoms with E-state index in [1.54, 1.807) is 12.1 Å². The summed E-state index contributed by atoms with van der Waals surface area (Å²) in [6, 6.07) is 12.7. The van der Waals surface area contributed by atoms with Gasteiger partial charge in [-0.05, 0) is 128 Å². The molecule has 0 heterocycles. The Morgan fingerprint density at radius 1 is 0.660 bits per heavy atom. The van der Waals surface area contributed by atoms with E-state index in [0.29, 0.717) is 42.7 Å². The highest BCUT2D eigenvalue weighted by Crippen LogP contribution is 2.45. The molecule has 0 unspecified atom stereocenters. The summed E-state index contributed by atoms with van der Waals surface area (Å²) in [6.45, 7) is 2.12. The quantitative estimate of drug-likeness (QED) is 0.150. The van der Waals surface area contributed by atoms with E-state index in [9.17, 15) is 17.6 Å². The third kappa shape index (κ3) is 9.06. The molecule has 47 heavy (non-hydrogen) atoms. The lowest BCUT2D eigenvalue weighted by Gasteiger charge is -2.38. The lowest BCUT2D eigenvalue weighted by molar-refractivity contribution is -0.281. The first-order chi connectivity index (χ1) is 22.3. The minimum Gasteiger partial charge on any atom is -0.403 e. The molecule has 2 nitrogen and oxygen atoms in total. The Morgan fingerprint density at radius 3 is 1.81 bits per heavy atom. The van der Waals surface area contributed by atoms with E-state index < -0.39 is 47.3 Å². The summed E-state index contributed by atoms with van der Waals surface area (Å²) >= 11 is 0. The Bertz CT molecular complexity index is 1450. The van der Waals surface area contributed by atoms with Gasteiger partial charge in [0, 0.05) is 0 Å². The van der Waals surface area contributed by atoms with Crippen LogP contribution >= 0.6 is 0 Å². The van der Waals surface area contributed by atoms with E-state index in [1.165, 1.54) is 6.07 Å². The van der Waals surface area contributed by atoms with Crippen molar-refractivity contribution in [3.05, 3.63) is 88.7 Å². The third-order valence-corrected chi connectivity index (χ3v) is 9.81. The molecule has 0 atom stereocenters. The third-order valence-electron chi connectivity index (χ3n) is 9.81. The molecule has 0 N–H and O–H groups in total. The fourth-order valence-corrected chi connectivity index (χ4v) is 7.31. The first-order valence-electron chi connectivity index (χ1n) is 16.5. The molecule has 2 saturated carbocycles. The normalized spacial score (nSPS) is 22.3. The first kappa shape index (κ1) is 35.2. The molecule has 0 amide bonds. The summed E-state index contributed by atoms with van der Waals surface area (Å²) in [6.07, 6.45) is -0.774. The zero-order valence-electron chi connectivity index (χ0n) is 26.3. The maximum Gasteiger partial charge on any atom is 0.573 e. The van der Waals surface area contributed by atoms with Crippen molar-refractivity contribution in [2.45, 2.75) is 108 Å². The van der Waals surface area contributed by atoms with Crippen LogP contribution in [0.25, 0.3) is 11.1 Å². The van der Waals surface area contributed by atoms with Gasteiger partial charge in [0.1, 0.15) is 17.2 Å². The van der Waals surface area contributed by atoms with Crippen LogP contribution in [0.3, 0.4) is 0 Å². The van der Waals surface area contributed by atoms with E-state index in [2.05, 4.69) is 11.7 Å². The minimum absolute atomic E-state index is 0.00476. The van der Waals surface area contributed by atoms with E-state index in [-0.39, 0.29) is 17.4 Å². The molecule has 0 saturated heterocycles. The highest BCUT2D eigenvalue weighted by Gasteiger charge is 2.43. The number of halogens is 8. The van der Waals surface area contributed by atoms with Crippen molar-refractivity contribution in [1.29, 1.82) is 0 Å². The number of alkyl halides is 5. The van der Waals surface area contributed by atoms with Crippen LogP contribution < -0.4 is 4.74 Å². The Labute approximate surface area is 270 Å². The van der Waals surface area contributed by atoms with Crippen LogP contribution in [-0.2, 0) is 17.3 Å². The van der Waals surface area contributed by atoms with Gasteiger partial charge in [-0.15, -0.1) is 13.2 Å². The highest BCUT2D eigenvalue weighted by molar-refractivity contribution is 5.64.